The summed E-state index contributed by atoms with van der Waals surface area (Å²) in [6.45, 7) is 2.28. The lowest BCUT2D eigenvalue weighted by atomic mass is 9.75. The van der Waals surface area contributed by atoms with Crippen LogP contribution in [0.4, 0.5) is 8.78 Å². The predicted molar refractivity (Wildman–Crippen MR) is 127 cm³/mol. The zero-order valence-corrected chi connectivity index (χ0v) is 20.4. The van der Waals surface area contributed by atoms with E-state index in [1.54, 1.807) is 11.0 Å². The molecule has 3 atom stereocenters. The van der Waals surface area contributed by atoms with Gasteiger partial charge < -0.3 is 9.64 Å². The Kier molecular flexibility index (Phi) is 6.01. The van der Waals surface area contributed by atoms with Crippen molar-refractivity contribution < 1.29 is 27.9 Å². The molecule has 5 aliphatic rings. The number of hydrogen-bond donors (Lipinski definition) is 1. The number of amides is 3. The maximum atomic E-state index is 13.5. The second-order valence-corrected chi connectivity index (χ2v) is 11.3. The molecule has 3 heterocycles. The van der Waals surface area contributed by atoms with Gasteiger partial charge in [0.05, 0.1) is 0 Å². The Morgan fingerprint density at radius 1 is 0.972 bits per heavy atom. The first-order valence-electron chi connectivity index (χ1n) is 13.3. The van der Waals surface area contributed by atoms with Gasteiger partial charge in [-0.05, 0) is 74.1 Å². The molecule has 0 radical (unpaired) electrons. The monoisotopic (exact) mass is 501 g/mol. The van der Waals surface area contributed by atoms with E-state index in [1.165, 1.54) is 0 Å². The van der Waals surface area contributed by atoms with E-state index in [-0.39, 0.29) is 37.2 Å². The van der Waals surface area contributed by atoms with Crippen molar-refractivity contribution in [2.45, 2.75) is 88.4 Å². The summed E-state index contributed by atoms with van der Waals surface area (Å²) in [5.41, 5.74) is 1.42. The number of imide groups is 1. The maximum absolute atomic E-state index is 13.5. The zero-order valence-electron chi connectivity index (χ0n) is 20.4. The van der Waals surface area contributed by atoms with E-state index in [0.29, 0.717) is 49.2 Å². The van der Waals surface area contributed by atoms with Crippen LogP contribution in [0, 0.1) is 11.8 Å². The summed E-state index contributed by atoms with van der Waals surface area (Å²) in [6.07, 6.45) is 5.14. The second-order valence-electron chi connectivity index (χ2n) is 11.3. The Bertz CT molecular complexity index is 1060. The molecule has 1 unspecified atom stereocenters. The Morgan fingerprint density at radius 2 is 1.75 bits per heavy atom. The highest BCUT2D eigenvalue weighted by Crippen LogP contribution is 2.43. The number of likely N-dealkylation sites (tertiary alicyclic amines) is 1. The number of benzene rings is 1. The van der Waals surface area contributed by atoms with Crippen LogP contribution in [0.5, 0.6) is 5.75 Å². The minimum Gasteiger partial charge on any atom is -0.489 e. The predicted octanol–water partition coefficient (Wildman–Crippen LogP) is 3.50. The number of nitrogens with zero attached hydrogens (tertiary/aromatic N) is 2. The number of alkyl halides is 2. The summed E-state index contributed by atoms with van der Waals surface area (Å²) in [5.74, 6) is -1.69. The van der Waals surface area contributed by atoms with Gasteiger partial charge in [-0.2, -0.15) is 0 Å². The summed E-state index contributed by atoms with van der Waals surface area (Å²) < 4.78 is 33.5. The fourth-order valence-electron chi connectivity index (χ4n) is 6.91. The van der Waals surface area contributed by atoms with Gasteiger partial charge >= 0.3 is 0 Å². The molecular weight excluding hydrogens is 468 g/mol. The zero-order chi connectivity index (χ0) is 25.0. The fraction of sp³-hybridized carbons (Fsp3) is 0.667. The molecule has 4 fully saturated rings. The Morgan fingerprint density at radius 3 is 2.50 bits per heavy atom. The first-order chi connectivity index (χ1) is 17.3. The number of halogens is 2. The molecule has 9 heteroatoms. The first-order valence-corrected chi connectivity index (χ1v) is 13.3. The third kappa shape index (κ3) is 4.40. The molecule has 194 valence electrons. The number of hydrogen-bond acceptors (Lipinski definition) is 5. The van der Waals surface area contributed by atoms with Gasteiger partial charge in [-0.25, -0.2) is 8.78 Å². The lowest BCUT2D eigenvalue weighted by Gasteiger charge is -2.49. The van der Waals surface area contributed by atoms with Crippen molar-refractivity contribution in [1.82, 2.24) is 15.1 Å². The number of rotatable bonds is 5. The molecule has 1 aromatic rings. The van der Waals surface area contributed by atoms with E-state index in [0.717, 1.165) is 43.7 Å². The summed E-state index contributed by atoms with van der Waals surface area (Å²) in [5, 5.41) is 2.33. The number of fused-ring (bicyclic) bond motifs is 1. The van der Waals surface area contributed by atoms with Gasteiger partial charge in [0.1, 0.15) is 17.9 Å². The van der Waals surface area contributed by atoms with Gasteiger partial charge in [-0.3, -0.25) is 24.6 Å². The average molecular weight is 502 g/mol. The molecule has 3 amide bonds. The highest BCUT2D eigenvalue weighted by atomic mass is 19.3. The summed E-state index contributed by atoms with van der Waals surface area (Å²) >= 11 is 0. The largest absolute Gasteiger partial charge is 0.489 e. The number of piperidine rings is 1. The van der Waals surface area contributed by atoms with E-state index >= 15 is 0 Å². The van der Waals surface area contributed by atoms with Crippen LogP contribution in [0.2, 0.25) is 0 Å². The quantitative estimate of drug-likeness (QED) is 0.625. The number of nitrogens with one attached hydrogen (secondary N) is 1. The van der Waals surface area contributed by atoms with Crippen molar-refractivity contribution in [1.29, 1.82) is 0 Å². The van der Waals surface area contributed by atoms with Crippen molar-refractivity contribution >= 4 is 17.7 Å². The van der Waals surface area contributed by atoms with Crippen LogP contribution in [0.3, 0.4) is 0 Å². The minimum absolute atomic E-state index is 0.0329. The summed E-state index contributed by atoms with van der Waals surface area (Å²) in [4.78, 5) is 40.7. The number of carbonyl (C=O) groups is 3. The van der Waals surface area contributed by atoms with Crippen LogP contribution >= 0.6 is 0 Å². The van der Waals surface area contributed by atoms with Crippen molar-refractivity contribution in [2.75, 3.05) is 13.1 Å². The minimum atomic E-state index is -2.47. The number of carbonyl (C=O) groups excluding carboxylic acids is 3. The third-order valence-electron chi connectivity index (χ3n) is 9.04. The molecule has 1 N–H and O–H groups in total. The highest BCUT2D eigenvalue weighted by molar-refractivity contribution is 6.05. The van der Waals surface area contributed by atoms with Crippen LogP contribution in [0.1, 0.15) is 73.7 Å². The van der Waals surface area contributed by atoms with Crippen molar-refractivity contribution in [3.05, 3.63) is 29.3 Å². The van der Waals surface area contributed by atoms with E-state index in [2.05, 4.69) is 10.2 Å². The van der Waals surface area contributed by atoms with Gasteiger partial charge in [0.15, 0.2) is 0 Å². The summed E-state index contributed by atoms with van der Waals surface area (Å²) in [7, 11) is 0. The van der Waals surface area contributed by atoms with E-state index in [4.69, 9.17) is 4.74 Å². The maximum Gasteiger partial charge on any atom is 0.255 e. The molecular formula is C27H33F2N3O4. The molecule has 0 bridgehead atoms. The van der Waals surface area contributed by atoms with E-state index in [9.17, 15) is 23.2 Å². The van der Waals surface area contributed by atoms with Crippen LogP contribution in [0.25, 0.3) is 0 Å². The highest BCUT2D eigenvalue weighted by Gasteiger charge is 2.45. The average Bonchev–Trinajstić information content (AvgIpc) is 3.38. The van der Waals surface area contributed by atoms with Gasteiger partial charge in [0.2, 0.25) is 17.7 Å². The molecule has 0 aromatic heterocycles. The normalized spacial score (nSPS) is 31.3. The molecule has 36 heavy (non-hydrogen) atoms. The van der Waals surface area contributed by atoms with E-state index in [1.807, 2.05) is 12.1 Å². The second kappa shape index (κ2) is 9.08. The Labute approximate surface area is 209 Å². The summed E-state index contributed by atoms with van der Waals surface area (Å²) in [6, 6.07) is 5.24. The molecule has 1 aromatic carbocycles. The van der Waals surface area contributed by atoms with Crippen LogP contribution in [-0.2, 0) is 16.1 Å². The molecule has 2 saturated heterocycles. The molecule has 3 aliphatic heterocycles. The fourth-order valence-corrected chi connectivity index (χ4v) is 6.91. The lowest BCUT2D eigenvalue weighted by molar-refractivity contribution is -0.136. The molecule has 6 rings (SSSR count). The third-order valence-corrected chi connectivity index (χ3v) is 9.04. The van der Waals surface area contributed by atoms with Crippen LogP contribution in [0.15, 0.2) is 18.2 Å². The standard InChI is InChI=1S/C27H33F2N3O4/c28-27(29)10-8-16(9-11-27)18-13-31(14-18)21-2-1-3-23(21)36-19-4-5-20-17(12-19)15-32(26(20)35)22-6-7-24(33)30-25(22)34/h4-5,12,16,18,21-23H,1-3,6-11,13-15H2,(H,30,33,34)/t21-,22?,23-/m1/s1. The van der Waals surface area contributed by atoms with Gasteiger partial charge in [0.25, 0.3) is 5.91 Å². The number of ether oxygens (including phenoxy) is 1. The van der Waals surface area contributed by atoms with Gasteiger partial charge in [0, 0.05) is 50.5 Å². The van der Waals surface area contributed by atoms with Crippen molar-refractivity contribution in [3.63, 3.8) is 0 Å². The molecule has 2 aliphatic carbocycles. The van der Waals surface area contributed by atoms with Gasteiger partial charge in [-0.15, -0.1) is 0 Å². The van der Waals surface area contributed by atoms with Gasteiger partial charge in [-0.1, -0.05) is 0 Å². The van der Waals surface area contributed by atoms with Crippen molar-refractivity contribution in [3.8, 4) is 5.75 Å². The Hall–Kier alpha value is -2.55. The Balaban J connectivity index is 1.06. The molecule has 2 saturated carbocycles. The smallest absolute Gasteiger partial charge is 0.255 e. The SMILES string of the molecule is O=C1CCC(N2Cc3cc(O[C@@H]4CCC[C@H]4N4CC(C5CCC(F)(F)CC5)C4)ccc3C2=O)C(=O)N1. The van der Waals surface area contributed by atoms with Crippen LogP contribution in [-0.4, -0.2) is 64.7 Å². The first kappa shape index (κ1) is 23.8. The van der Waals surface area contributed by atoms with Crippen molar-refractivity contribution in [2.24, 2.45) is 11.8 Å². The topological polar surface area (TPSA) is 79.0 Å². The lowest BCUT2D eigenvalue weighted by Crippen LogP contribution is -2.57. The molecule has 0 spiro atoms. The molecule has 7 nitrogen and oxygen atoms in total. The van der Waals surface area contributed by atoms with Crippen LogP contribution < -0.4 is 10.1 Å². The van der Waals surface area contributed by atoms with E-state index < -0.39 is 17.9 Å².